The van der Waals surface area contributed by atoms with Crippen LogP contribution in [0.2, 0.25) is 5.02 Å². The Balaban J connectivity index is 1.72. The lowest BCUT2D eigenvalue weighted by molar-refractivity contribution is -0.131. The highest BCUT2D eigenvalue weighted by atomic mass is 35.5. The fraction of sp³-hybridized carbons (Fsp3) is 0.250. The van der Waals surface area contributed by atoms with Gasteiger partial charge >= 0.3 is 0 Å². The Morgan fingerprint density at radius 1 is 0.962 bits per heavy atom. The molecule has 5 nitrogen and oxygen atoms in total. The Hall–Kier alpha value is -2.66. The minimum Gasteiger partial charge on any atom is -0.325 e. The minimum atomic E-state index is -1.08. The van der Waals surface area contributed by atoms with Crippen LogP contribution in [0.1, 0.15) is 35.7 Å². The Morgan fingerprint density at radius 2 is 1.58 bits per heavy atom. The van der Waals surface area contributed by atoms with Gasteiger partial charge in [-0.2, -0.15) is 0 Å². The van der Waals surface area contributed by atoms with E-state index in [1.807, 2.05) is 13.0 Å². The van der Waals surface area contributed by atoms with Gasteiger partial charge in [0.1, 0.15) is 5.41 Å². The fourth-order valence-electron chi connectivity index (χ4n) is 2.67. The number of rotatable bonds is 5. The Bertz CT molecular complexity index is 904. The molecular formula is C20H19ClN2O3. The summed E-state index contributed by atoms with van der Waals surface area (Å²) < 4.78 is 0. The monoisotopic (exact) mass is 370 g/mol. The van der Waals surface area contributed by atoms with Crippen LogP contribution in [0.25, 0.3) is 0 Å². The molecule has 2 N–H and O–H groups in total. The predicted molar refractivity (Wildman–Crippen MR) is 102 cm³/mol. The van der Waals surface area contributed by atoms with Gasteiger partial charge in [0.05, 0.1) is 0 Å². The Morgan fingerprint density at radius 3 is 2.12 bits per heavy atom. The van der Waals surface area contributed by atoms with Gasteiger partial charge in [0.15, 0.2) is 5.78 Å². The molecule has 0 radical (unpaired) electrons. The zero-order valence-corrected chi connectivity index (χ0v) is 15.3. The van der Waals surface area contributed by atoms with E-state index in [9.17, 15) is 14.4 Å². The second kappa shape index (κ2) is 6.92. The van der Waals surface area contributed by atoms with Gasteiger partial charge in [0.25, 0.3) is 0 Å². The summed E-state index contributed by atoms with van der Waals surface area (Å²) in [5.41, 5.74) is 1.40. The number of benzene rings is 2. The molecule has 3 rings (SSSR count). The summed E-state index contributed by atoms with van der Waals surface area (Å²) in [4.78, 5) is 36.7. The van der Waals surface area contributed by atoms with Crippen molar-refractivity contribution in [3.05, 3.63) is 58.6 Å². The molecular weight excluding hydrogens is 352 g/mol. The van der Waals surface area contributed by atoms with E-state index in [0.717, 1.165) is 5.56 Å². The van der Waals surface area contributed by atoms with Gasteiger partial charge in [-0.15, -0.1) is 0 Å². The van der Waals surface area contributed by atoms with Gasteiger partial charge < -0.3 is 10.6 Å². The first kappa shape index (κ1) is 18.1. The number of halogens is 1. The van der Waals surface area contributed by atoms with E-state index in [0.29, 0.717) is 34.8 Å². The number of hydrogen-bond donors (Lipinski definition) is 2. The molecule has 1 aliphatic rings. The second-order valence-corrected chi connectivity index (χ2v) is 7.00. The Kier molecular flexibility index (Phi) is 4.83. The molecule has 1 fully saturated rings. The summed E-state index contributed by atoms with van der Waals surface area (Å²) in [5.74, 6) is -0.803. The zero-order valence-electron chi connectivity index (χ0n) is 14.6. The largest absolute Gasteiger partial charge is 0.325 e. The summed E-state index contributed by atoms with van der Waals surface area (Å²) in [6.07, 6.45) is 0.966. The van der Waals surface area contributed by atoms with Crippen LogP contribution < -0.4 is 10.6 Å². The minimum absolute atomic E-state index is 0.0868. The zero-order chi connectivity index (χ0) is 18.9. The van der Waals surface area contributed by atoms with Crippen molar-refractivity contribution >= 4 is 40.6 Å². The summed E-state index contributed by atoms with van der Waals surface area (Å²) >= 11 is 6.08. The number of carbonyl (C=O) groups is 3. The number of carbonyl (C=O) groups excluding carboxylic acids is 3. The van der Waals surface area contributed by atoms with E-state index in [1.54, 1.807) is 36.4 Å². The molecule has 0 aromatic heterocycles. The lowest BCUT2D eigenvalue weighted by atomic mass is 10.0. The summed E-state index contributed by atoms with van der Waals surface area (Å²) in [7, 11) is 0. The molecule has 1 saturated carbocycles. The summed E-state index contributed by atoms with van der Waals surface area (Å²) in [6, 6.07) is 11.9. The van der Waals surface area contributed by atoms with E-state index < -0.39 is 5.41 Å². The van der Waals surface area contributed by atoms with Crippen LogP contribution in [0.15, 0.2) is 42.5 Å². The number of hydrogen-bond acceptors (Lipinski definition) is 3. The molecule has 1 aliphatic carbocycles. The lowest BCUT2D eigenvalue weighted by Gasteiger charge is -2.16. The molecule has 0 saturated heterocycles. The highest BCUT2D eigenvalue weighted by Crippen LogP contribution is 2.47. The SMILES string of the molecule is CC(=O)c1cccc(NC(=O)C2(C(=O)Nc3ccc(C)c(Cl)c3)CC2)c1. The normalized spacial score (nSPS) is 14.4. The van der Waals surface area contributed by atoms with Gasteiger partial charge in [-0.1, -0.05) is 29.8 Å². The molecule has 6 heteroatoms. The van der Waals surface area contributed by atoms with Crippen LogP contribution in [0.5, 0.6) is 0 Å². The van der Waals surface area contributed by atoms with Crippen molar-refractivity contribution in [2.24, 2.45) is 5.41 Å². The van der Waals surface area contributed by atoms with Gasteiger partial charge in [-0.05, 0) is 56.5 Å². The molecule has 134 valence electrons. The quantitative estimate of drug-likeness (QED) is 0.611. The third-order valence-electron chi connectivity index (χ3n) is 4.58. The number of Topliss-reactive ketones (excluding diaryl/α,β-unsaturated/α-hetero) is 1. The van der Waals surface area contributed by atoms with Crippen LogP contribution >= 0.6 is 11.6 Å². The molecule has 0 unspecified atom stereocenters. The molecule has 0 heterocycles. The highest BCUT2D eigenvalue weighted by Gasteiger charge is 2.56. The van der Waals surface area contributed by atoms with E-state index in [1.165, 1.54) is 6.92 Å². The van der Waals surface area contributed by atoms with Crippen LogP contribution in [-0.2, 0) is 9.59 Å². The van der Waals surface area contributed by atoms with Crippen molar-refractivity contribution in [2.45, 2.75) is 26.7 Å². The van der Waals surface area contributed by atoms with Gasteiger partial charge in [-0.3, -0.25) is 14.4 Å². The van der Waals surface area contributed by atoms with E-state index in [2.05, 4.69) is 10.6 Å². The average molecular weight is 371 g/mol. The number of amides is 2. The highest BCUT2D eigenvalue weighted by molar-refractivity contribution is 6.31. The average Bonchev–Trinajstić information content (AvgIpc) is 3.40. The first-order chi connectivity index (χ1) is 12.3. The molecule has 2 aromatic carbocycles. The molecule has 0 aliphatic heterocycles. The first-order valence-electron chi connectivity index (χ1n) is 8.32. The Labute approximate surface area is 156 Å². The van der Waals surface area contributed by atoms with Crippen molar-refractivity contribution in [3.63, 3.8) is 0 Å². The molecule has 26 heavy (non-hydrogen) atoms. The van der Waals surface area contributed by atoms with Crippen LogP contribution in [0.4, 0.5) is 11.4 Å². The topological polar surface area (TPSA) is 75.3 Å². The number of ketones is 1. The lowest BCUT2D eigenvalue weighted by Crippen LogP contribution is -2.35. The fourth-order valence-corrected chi connectivity index (χ4v) is 2.85. The van der Waals surface area contributed by atoms with Gasteiger partial charge in [0, 0.05) is 22.0 Å². The van der Waals surface area contributed by atoms with Crippen molar-refractivity contribution in [1.82, 2.24) is 0 Å². The molecule has 0 atom stereocenters. The number of aryl methyl sites for hydroxylation is 1. The third-order valence-corrected chi connectivity index (χ3v) is 4.98. The summed E-state index contributed by atoms with van der Waals surface area (Å²) in [6.45, 7) is 3.34. The van der Waals surface area contributed by atoms with Crippen molar-refractivity contribution < 1.29 is 14.4 Å². The maximum absolute atomic E-state index is 12.6. The maximum Gasteiger partial charge on any atom is 0.240 e. The van der Waals surface area contributed by atoms with E-state index >= 15 is 0 Å². The summed E-state index contributed by atoms with van der Waals surface area (Å²) in [5, 5.41) is 6.07. The van der Waals surface area contributed by atoms with Gasteiger partial charge in [0.2, 0.25) is 11.8 Å². The standard InChI is InChI=1S/C20H19ClN2O3/c1-12-6-7-16(11-17(12)21)23-19(26)20(8-9-20)18(25)22-15-5-3-4-14(10-15)13(2)24/h3-7,10-11H,8-9H2,1-2H3,(H,22,25)(H,23,26). The van der Waals surface area contributed by atoms with Crippen molar-refractivity contribution in [1.29, 1.82) is 0 Å². The van der Waals surface area contributed by atoms with E-state index in [4.69, 9.17) is 11.6 Å². The maximum atomic E-state index is 12.6. The third kappa shape index (κ3) is 3.63. The van der Waals surface area contributed by atoms with Crippen LogP contribution in [-0.4, -0.2) is 17.6 Å². The van der Waals surface area contributed by atoms with Gasteiger partial charge in [-0.25, -0.2) is 0 Å². The second-order valence-electron chi connectivity index (χ2n) is 6.59. The van der Waals surface area contributed by atoms with Crippen LogP contribution in [0.3, 0.4) is 0 Å². The van der Waals surface area contributed by atoms with E-state index in [-0.39, 0.29) is 17.6 Å². The number of anilines is 2. The molecule has 0 bridgehead atoms. The predicted octanol–water partition coefficient (Wildman–Crippen LogP) is 4.21. The molecule has 0 spiro atoms. The number of nitrogens with one attached hydrogen (secondary N) is 2. The first-order valence-corrected chi connectivity index (χ1v) is 8.70. The van der Waals surface area contributed by atoms with Crippen molar-refractivity contribution in [3.8, 4) is 0 Å². The smallest absolute Gasteiger partial charge is 0.240 e. The van der Waals surface area contributed by atoms with Crippen molar-refractivity contribution in [2.75, 3.05) is 10.6 Å². The molecule has 2 amide bonds. The van der Waals surface area contributed by atoms with Crippen LogP contribution in [0, 0.1) is 12.3 Å². The molecule has 2 aromatic rings.